The summed E-state index contributed by atoms with van der Waals surface area (Å²) in [6.07, 6.45) is 2.20. The third-order valence-corrected chi connectivity index (χ3v) is 6.23. The van der Waals surface area contributed by atoms with E-state index in [1.807, 2.05) is 6.92 Å². The Hall–Kier alpha value is -4.16. The Balaban J connectivity index is 1.51. The SMILES string of the molecule is CC#CCN1CC[C@@H](n2c(=O)n(-c3ccc(Oc4ccc(F)c(C)c4)cc3)c3c(N)ncnc32)C1. The fourth-order valence-corrected chi connectivity index (χ4v) is 4.47. The van der Waals surface area contributed by atoms with Crippen molar-refractivity contribution in [3.8, 4) is 29.0 Å². The molecule has 1 atom stereocenters. The number of nitrogen functional groups attached to an aromatic ring is 1. The Morgan fingerprint density at radius 1 is 1.17 bits per heavy atom. The van der Waals surface area contributed by atoms with Gasteiger partial charge in [0, 0.05) is 13.1 Å². The number of nitrogens with two attached hydrogens (primary N) is 1. The van der Waals surface area contributed by atoms with Crippen molar-refractivity contribution in [3.05, 3.63) is 70.7 Å². The molecule has 0 amide bonds. The van der Waals surface area contributed by atoms with Crippen LogP contribution >= 0.6 is 0 Å². The lowest BCUT2D eigenvalue weighted by atomic mass is 10.2. The van der Waals surface area contributed by atoms with Crippen molar-refractivity contribution >= 4 is 17.0 Å². The summed E-state index contributed by atoms with van der Waals surface area (Å²) in [6, 6.07) is 11.6. The van der Waals surface area contributed by atoms with Crippen LogP contribution in [0.2, 0.25) is 0 Å². The van der Waals surface area contributed by atoms with E-state index in [9.17, 15) is 9.18 Å². The maximum Gasteiger partial charge on any atom is 0.335 e. The zero-order valence-corrected chi connectivity index (χ0v) is 19.5. The lowest BCUT2D eigenvalue weighted by Crippen LogP contribution is -2.29. The van der Waals surface area contributed by atoms with E-state index < -0.39 is 0 Å². The van der Waals surface area contributed by atoms with E-state index in [4.69, 9.17) is 10.5 Å². The van der Waals surface area contributed by atoms with Crippen molar-refractivity contribution in [1.82, 2.24) is 24.0 Å². The van der Waals surface area contributed by atoms with Crippen LogP contribution in [0.25, 0.3) is 16.9 Å². The van der Waals surface area contributed by atoms with Gasteiger partial charge in [0.1, 0.15) is 29.2 Å². The van der Waals surface area contributed by atoms with Gasteiger partial charge in [-0.3, -0.25) is 14.0 Å². The first-order chi connectivity index (χ1) is 17.0. The molecule has 3 heterocycles. The maximum atomic E-state index is 13.7. The number of aryl methyl sites for hydroxylation is 1. The third kappa shape index (κ3) is 4.24. The summed E-state index contributed by atoms with van der Waals surface area (Å²) in [6.45, 7) is 5.74. The summed E-state index contributed by atoms with van der Waals surface area (Å²) >= 11 is 0. The number of aromatic nitrogens is 4. The monoisotopic (exact) mass is 472 g/mol. The van der Waals surface area contributed by atoms with Gasteiger partial charge in [-0.15, -0.1) is 5.92 Å². The zero-order valence-electron chi connectivity index (χ0n) is 19.5. The number of fused-ring (bicyclic) bond motifs is 1. The fourth-order valence-electron chi connectivity index (χ4n) is 4.47. The summed E-state index contributed by atoms with van der Waals surface area (Å²) in [5.41, 5.74) is 8.11. The first-order valence-corrected chi connectivity index (χ1v) is 11.4. The molecule has 9 heteroatoms. The highest BCUT2D eigenvalue weighted by atomic mass is 19.1. The molecule has 0 bridgehead atoms. The Labute approximate surface area is 201 Å². The van der Waals surface area contributed by atoms with Crippen molar-refractivity contribution in [2.24, 2.45) is 0 Å². The second kappa shape index (κ2) is 9.24. The highest BCUT2D eigenvalue weighted by Crippen LogP contribution is 2.29. The van der Waals surface area contributed by atoms with Crippen LogP contribution in [0, 0.1) is 24.6 Å². The van der Waals surface area contributed by atoms with Gasteiger partial charge in [-0.1, -0.05) is 5.92 Å². The van der Waals surface area contributed by atoms with Gasteiger partial charge < -0.3 is 10.5 Å². The molecule has 35 heavy (non-hydrogen) atoms. The second-order valence-electron chi connectivity index (χ2n) is 8.53. The highest BCUT2D eigenvalue weighted by Gasteiger charge is 2.29. The number of imidazole rings is 1. The van der Waals surface area contributed by atoms with Crippen LogP contribution < -0.4 is 16.2 Å². The molecular formula is C26H25FN6O2. The Bertz CT molecular complexity index is 1510. The van der Waals surface area contributed by atoms with Crippen LogP contribution in [-0.4, -0.2) is 43.6 Å². The first kappa shape index (κ1) is 22.6. The van der Waals surface area contributed by atoms with E-state index in [0.717, 1.165) is 13.0 Å². The molecule has 8 nitrogen and oxygen atoms in total. The molecule has 0 aliphatic carbocycles. The van der Waals surface area contributed by atoms with Crippen LogP contribution in [0.3, 0.4) is 0 Å². The normalized spacial score (nSPS) is 15.8. The molecule has 1 saturated heterocycles. The molecule has 0 unspecified atom stereocenters. The lowest BCUT2D eigenvalue weighted by Gasteiger charge is -2.13. The highest BCUT2D eigenvalue weighted by molar-refractivity contribution is 5.84. The van der Waals surface area contributed by atoms with Gasteiger partial charge >= 0.3 is 5.69 Å². The number of nitrogens with zero attached hydrogens (tertiary/aromatic N) is 5. The largest absolute Gasteiger partial charge is 0.457 e. The van der Waals surface area contributed by atoms with E-state index >= 15 is 0 Å². The average Bonchev–Trinajstić information content (AvgIpc) is 3.43. The van der Waals surface area contributed by atoms with Crippen LogP contribution in [0.1, 0.15) is 24.9 Å². The quantitative estimate of drug-likeness (QED) is 0.446. The molecule has 0 saturated carbocycles. The van der Waals surface area contributed by atoms with Gasteiger partial charge in [0.15, 0.2) is 11.5 Å². The molecule has 1 aliphatic heterocycles. The fraction of sp³-hybridized carbons (Fsp3) is 0.269. The number of rotatable bonds is 5. The molecular weight excluding hydrogens is 447 g/mol. The number of hydrogen-bond acceptors (Lipinski definition) is 6. The maximum absolute atomic E-state index is 13.7. The standard InChI is InChI=1S/C26H25FN6O2/c1-3-4-12-31-13-11-19(15-31)33-25-23(24(28)29-16-30-25)32(26(33)34)18-5-7-20(8-6-18)35-21-9-10-22(27)17(2)14-21/h5-10,14,16,19H,11-13,15H2,1-2H3,(H2,28,29,30)/t19-/m1/s1. The van der Waals surface area contributed by atoms with Gasteiger partial charge in [0.25, 0.3) is 0 Å². The van der Waals surface area contributed by atoms with Crippen molar-refractivity contribution in [3.63, 3.8) is 0 Å². The summed E-state index contributed by atoms with van der Waals surface area (Å²) in [7, 11) is 0. The molecule has 2 aromatic heterocycles. The molecule has 178 valence electrons. The van der Waals surface area contributed by atoms with Crippen molar-refractivity contribution in [2.45, 2.75) is 26.3 Å². The van der Waals surface area contributed by atoms with E-state index in [1.54, 1.807) is 52.5 Å². The molecule has 2 N–H and O–H groups in total. The van der Waals surface area contributed by atoms with Crippen LogP contribution in [0.4, 0.5) is 10.2 Å². The Kier molecular flexibility index (Phi) is 5.97. The lowest BCUT2D eigenvalue weighted by molar-refractivity contribution is 0.362. The number of halogens is 1. The molecule has 1 fully saturated rings. The van der Waals surface area contributed by atoms with Crippen LogP contribution in [0.15, 0.2) is 53.6 Å². The van der Waals surface area contributed by atoms with E-state index in [1.165, 1.54) is 12.4 Å². The average molecular weight is 473 g/mol. The topological polar surface area (TPSA) is 91.2 Å². The van der Waals surface area contributed by atoms with E-state index in [0.29, 0.717) is 47.0 Å². The molecule has 5 rings (SSSR count). The van der Waals surface area contributed by atoms with E-state index in [2.05, 4.69) is 26.7 Å². The third-order valence-electron chi connectivity index (χ3n) is 6.23. The Morgan fingerprint density at radius 2 is 1.94 bits per heavy atom. The van der Waals surface area contributed by atoms with Crippen molar-refractivity contribution < 1.29 is 9.13 Å². The number of ether oxygens (including phenoxy) is 1. The predicted molar refractivity (Wildman–Crippen MR) is 132 cm³/mol. The van der Waals surface area contributed by atoms with Crippen molar-refractivity contribution in [2.75, 3.05) is 25.4 Å². The molecule has 2 aromatic carbocycles. The second-order valence-corrected chi connectivity index (χ2v) is 8.53. The number of benzene rings is 2. The van der Waals surface area contributed by atoms with Crippen LogP contribution in [0.5, 0.6) is 11.5 Å². The summed E-state index contributed by atoms with van der Waals surface area (Å²) in [5.74, 6) is 7.05. The number of anilines is 1. The summed E-state index contributed by atoms with van der Waals surface area (Å²) in [4.78, 5) is 24.5. The zero-order chi connectivity index (χ0) is 24.5. The smallest absolute Gasteiger partial charge is 0.335 e. The van der Waals surface area contributed by atoms with Gasteiger partial charge in [0.2, 0.25) is 0 Å². The van der Waals surface area contributed by atoms with Gasteiger partial charge in [0.05, 0.1) is 18.3 Å². The Morgan fingerprint density at radius 3 is 2.69 bits per heavy atom. The minimum absolute atomic E-state index is 0.0384. The van der Waals surface area contributed by atoms with E-state index in [-0.39, 0.29) is 23.4 Å². The minimum atomic E-state index is -0.285. The number of hydrogen-bond donors (Lipinski definition) is 1. The number of likely N-dealkylation sites (tertiary alicyclic amines) is 1. The molecule has 0 radical (unpaired) electrons. The van der Waals surface area contributed by atoms with Gasteiger partial charge in [-0.2, -0.15) is 0 Å². The molecule has 4 aromatic rings. The molecule has 0 spiro atoms. The van der Waals surface area contributed by atoms with Crippen LogP contribution in [-0.2, 0) is 0 Å². The molecule has 1 aliphatic rings. The summed E-state index contributed by atoms with van der Waals surface area (Å²) < 4.78 is 22.7. The summed E-state index contributed by atoms with van der Waals surface area (Å²) in [5, 5.41) is 0. The van der Waals surface area contributed by atoms with Gasteiger partial charge in [-0.25, -0.2) is 19.2 Å². The first-order valence-electron chi connectivity index (χ1n) is 11.4. The minimum Gasteiger partial charge on any atom is -0.457 e. The predicted octanol–water partition coefficient (Wildman–Crippen LogP) is 3.67. The van der Waals surface area contributed by atoms with Gasteiger partial charge in [-0.05, 0) is 68.3 Å². The van der Waals surface area contributed by atoms with Crippen molar-refractivity contribution in [1.29, 1.82) is 0 Å².